The standard InChI is InChI=1S/C33H48O5/c1-20(34)38-26-13-14-31(6)23(28(26,2)3)12-15-33(8)24(31)11-10-21-22-18-29(4,27(36)37-9)19-25(35)30(22,5)16-17-32(21,33)7/h10-11,23-24,26H,12-19H2,1-9H3/t23-,24-,26-,29+,30+,31-,32+,33+/m0/s1. The maximum atomic E-state index is 13.6. The lowest BCUT2D eigenvalue weighted by atomic mass is 9.35. The summed E-state index contributed by atoms with van der Waals surface area (Å²) in [6.45, 7) is 17.6. The van der Waals surface area contributed by atoms with Crippen LogP contribution in [0.25, 0.3) is 0 Å². The van der Waals surface area contributed by atoms with Gasteiger partial charge in [0, 0.05) is 24.2 Å². The van der Waals surface area contributed by atoms with Crippen molar-refractivity contribution in [3.63, 3.8) is 0 Å². The molecule has 0 radical (unpaired) electrons. The van der Waals surface area contributed by atoms with E-state index in [1.807, 2.05) is 6.92 Å². The second-order valence-electron chi connectivity index (χ2n) is 15.2. The molecule has 0 aromatic rings. The van der Waals surface area contributed by atoms with Gasteiger partial charge in [-0.05, 0) is 92.4 Å². The molecule has 0 amide bonds. The highest BCUT2D eigenvalue weighted by Crippen LogP contribution is 2.74. The molecular weight excluding hydrogens is 476 g/mol. The van der Waals surface area contributed by atoms with Crippen LogP contribution in [0.3, 0.4) is 0 Å². The third-order valence-electron chi connectivity index (χ3n) is 13.0. The van der Waals surface area contributed by atoms with Crippen molar-refractivity contribution in [2.24, 2.45) is 44.3 Å². The summed E-state index contributed by atoms with van der Waals surface area (Å²) in [7, 11) is 1.43. The number of fused-ring (bicyclic) bond motifs is 6. The fourth-order valence-corrected chi connectivity index (χ4v) is 10.4. The molecule has 5 nitrogen and oxygen atoms in total. The Bertz CT molecular complexity index is 1150. The molecule has 38 heavy (non-hydrogen) atoms. The molecule has 0 aromatic heterocycles. The number of esters is 2. The van der Waals surface area contributed by atoms with Crippen molar-refractivity contribution >= 4 is 17.7 Å². The van der Waals surface area contributed by atoms with E-state index < -0.39 is 10.8 Å². The van der Waals surface area contributed by atoms with Crippen molar-refractivity contribution in [2.75, 3.05) is 7.11 Å². The first-order valence-electron chi connectivity index (χ1n) is 14.7. The van der Waals surface area contributed by atoms with Gasteiger partial charge in [-0.15, -0.1) is 0 Å². The van der Waals surface area contributed by atoms with Crippen LogP contribution in [0.5, 0.6) is 0 Å². The van der Waals surface area contributed by atoms with Crippen LogP contribution in [-0.2, 0) is 23.9 Å². The van der Waals surface area contributed by atoms with Gasteiger partial charge in [0.1, 0.15) is 11.9 Å². The quantitative estimate of drug-likeness (QED) is 0.364. The van der Waals surface area contributed by atoms with E-state index in [4.69, 9.17) is 9.47 Å². The van der Waals surface area contributed by atoms with Crippen LogP contribution >= 0.6 is 0 Å². The maximum Gasteiger partial charge on any atom is 0.312 e. The van der Waals surface area contributed by atoms with E-state index >= 15 is 0 Å². The summed E-state index contributed by atoms with van der Waals surface area (Å²) in [4.78, 5) is 38.4. The molecule has 3 fully saturated rings. The van der Waals surface area contributed by atoms with Crippen LogP contribution in [0.1, 0.15) is 107 Å². The van der Waals surface area contributed by atoms with Crippen LogP contribution in [-0.4, -0.2) is 30.9 Å². The zero-order chi connectivity index (χ0) is 28.1. The van der Waals surface area contributed by atoms with Crippen LogP contribution in [0.2, 0.25) is 0 Å². The third-order valence-corrected chi connectivity index (χ3v) is 13.0. The highest BCUT2D eigenvalue weighted by atomic mass is 16.5. The molecule has 5 heteroatoms. The lowest BCUT2D eigenvalue weighted by molar-refractivity contribution is -0.197. The molecule has 3 saturated carbocycles. The Balaban J connectivity index is 1.61. The first-order chi connectivity index (χ1) is 17.5. The number of Topliss-reactive ketones (excluding diaryl/α,β-unsaturated/α-hetero) is 1. The van der Waals surface area contributed by atoms with E-state index in [9.17, 15) is 14.4 Å². The molecule has 0 heterocycles. The van der Waals surface area contributed by atoms with Gasteiger partial charge in [0.15, 0.2) is 0 Å². The Morgan fingerprint density at radius 1 is 0.921 bits per heavy atom. The summed E-state index contributed by atoms with van der Waals surface area (Å²) >= 11 is 0. The highest BCUT2D eigenvalue weighted by molar-refractivity contribution is 5.95. The minimum atomic E-state index is -0.805. The fraction of sp³-hybridized carbons (Fsp3) is 0.788. The molecule has 8 atom stereocenters. The summed E-state index contributed by atoms with van der Waals surface area (Å²) < 4.78 is 11.0. The first kappa shape index (κ1) is 27.6. The summed E-state index contributed by atoms with van der Waals surface area (Å²) in [5.41, 5.74) is 1.18. The molecule has 5 aliphatic rings. The molecule has 5 aliphatic carbocycles. The van der Waals surface area contributed by atoms with E-state index in [-0.39, 0.29) is 51.9 Å². The largest absolute Gasteiger partial charge is 0.469 e. The van der Waals surface area contributed by atoms with Crippen molar-refractivity contribution in [3.05, 3.63) is 23.3 Å². The Morgan fingerprint density at radius 3 is 2.24 bits per heavy atom. The van der Waals surface area contributed by atoms with Crippen LogP contribution < -0.4 is 0 Å². The average molecular weight is 525 g/mol. The number of allylic oxidation sites excluding steroid dienone is 4. The van der Waals surface area contributed by atoms with Gasteiger partial charge in [-0.3, -0.25) is 14.4 Å². The average Bonchev–Trinajstić information content (AvgIpc) is 2.82. The van der Waals surface area contributed by atoms with Crippen molar-refractivity contribution < 1.29 is 23.9 Å². The third kappa shape index (κ3) is 3.38. The Kier molecular flexibility index (Phi) is 6.04. The summed E-state index contributed by atoms with van der Waals surface area (Å²) in [5, 5.41) is 0. The fourth-order valence-electron chi connectivity index (χ4n) is 10.4. The van der Waals surface area contributed by atoms with Gasteiger partial charge in [0.05, 0.1) is 12.5 Å². The van der Waals surface area contributed by atoms with E-state index in [1.54, 1.807) is 0 Å². The summed E-state index contributed by atoms with van der Waals surface area (Å²) in [6, 6.07) is 0. The zero-order valence-corrected chi connectivity index (χ0v) is 25.1. The lowest BCUT2D eigenvalue weighted by Gasteiger charge is -2.69. The smallest absolute Gasteiger partial charge is 0.312 e. The topological polar surface area (TPSA) is 69.7 Å². The SMILES string of the molecule is COC(=O)[C@@]1(C)CC(=O)[C@]2(C)CC[C@]3(C)C(=C2C1)C=C[C@H]1[C@@]2(C)CC[C@H](OC(C)=O)C(C)(C)[C@@H]2CC[C@]13C. The van der Waals surface area contributed by atoms with Crippen LogP contribution in [0.4, 0.5) is 0 Å². The van der Waals surface area contributed by atoms with Gasteiger partial charge in [-0.1, -0.05) is 52.3 Å². The van der Waals surface area contributed by atoms with Gasteiger partial charge in [0.2, 0.25) is 0 Å². The van der Waals surface area contributed by atoms with E-state index in [0.29, 0.717) is 18.3 Å². The number of hydrogen-bond acceptors (Lipinski definition) is 5. The van der Waals surface area contributed by atoms with Crippen molar-refractivity contribution in [1.29, 1.82) is 0 Å². The molecule has 5 rings (SSSR count). The molecule has 0 aliphatic heterocycles. The monoisotopic (exact) mass is 524 g/mol. The lowest BCUT2D eigenvalue weighted by Crippen LogP contribution is -2.63. The van der Waals surface area contributed by atoms with Crippen molar-refractivity contribution in [3.8, 4) is 0 Å². The number of rotatable bonds is 2. The minimum Gasteiger partial charge on any atom is -0.469 e. The predicted octanol–water partition coefficient (Wildman–Crippen LogP) is 6.99. The maximum absolute atomic E-state index is 13.6. The van der Waals surface area contributed by atoms with Crippen LogP contribution in [0.15, 0.2) is 23.3 Å². The number of ketones is 1. The first-order valence-corrected chi connectivity index (χ1v) is 14.7. The molecule has 210 valence electrons. The van der Waals surface area contributed by atoms with Crippen LogP contribution in [0, 0.1) is 44.3 Å². The van der Waals surface area contributed by atoms with E-state index in [0.717, 1.165) is 38.5 Å². The van der Waals surface area contributed by atoms with Gasteiger partial charge < -0.3 is 9.47 Å². The van der Waals surface area contributed by atoms with E-state index in [2.05, 4.69) is 53.7 Å². The second-order valence-corrected chi connectivity index (χ2v) is 15.2. The number of carbonyl (C=O) groups is 3. The molecule has 0 aromatic carbocycles. The number of methoxy groups -OCH3 is 1. The van der Waals surface area contributed by atoms with Crippen molar-refractivity contribution in [2.45, 2.75) is 113 Å². The summed E-state index contributed by atoms with van der Waals surface area (Å²) in [6.07, 6.45) is 11.6. The highest BCUT2D eigenvalue weighted by Gasteiger charge is 2.67. The number of hydrogen-bond donors (Lipinski definition) is 0. The van der Waals surface area contributed by atoms with Gasteiger partial charge in [0.25, 0.3) is 0 Å². The van der Waals surface area contributed by atoms with Gasteiger partial charge in [-0.25, -0.2) is 0 Å². The Hall–Kier alpha value is -1.91. The normalized spacial score (nSPS) is 47.3. The number of ether oxygens (including phenoxy) is 2. The predicted molar refractivity (Wildman–Crippen MR) is 147 cm³/mol. The molecule has 0 N–H and O–H groups in total. The second kappa shape index (κ2) is 8.30. The molecule has 0 spiro atoms. The Morgan fingerprint density at radius 2 is 1.61 bits per heavy atom. The van der Waals surface area contributed by atoms with Crippen molar-refractivity contribution in [1.82, 2.24) is 0 Å². The minimum absolute atomic E-state index is 0.0390. The molecule has 0 saturated heterocycles. The molecular formula is C33H48O5. The molecule has 0 bridgehead atoms. The van der Waals surface area contributed by atoms with E-state index in [1.165, 1.54) is 25.2 Å². The zero-order valence-electron chi connectivity index (χ0n) is 25.1. The number of carbonyl (C=O) groups excluding carboxylic acids is 3. The van der Waals surface area contributed by atoms with Gasteiger partial charge in [-0.2, -0.15) is 0 Å². The Labute approximate surface area is 229 Å². The molecule has 0 unspecified atom stereocenters. The van der Waals surface area contributed by atoms with Gasteiger partial charge >= 0.3 is 11.9 Å². The summed E-state index contributed by atoms with van der Waals surface area (Å²) in [5.74, 6) is 0.581.